The Morgan fingerprint density at radius 1 is 1.05 bits per heavy atom. The maximum absolute atomic E-state index is 13.8. The van der Waals surface area contributed by atoms with Gasteiger partial charge in [0, 0.05) is 6.20 Å². The monoisotopic (exact) mass is 562 g/mol. The normalized spacial score (nSPS) is 17.6. The molecule has 3 heterocycles. The highest BCUT2D eigenvalue weighted by Crippen LogP contribution is 2.38. The first-order chi connectivity index (χ1) is 18.7. The fraction of sp³-hybridized carbons (Fsp3) is 0.520. The number of methoxy groups -OCH3 is 2. The maximum atomic E-state index is 13.8. The summed E-state index contributed by atoms with van der Waals surface area (Å²) in [5.41, 5.74) is 1.51. The number of hydrogen-bond donors (Lipinski definition) is 1. The lowest BCUT2D eigenvalue weighted by atomic mass is 10.2. The van der Waals surface area contributed by atoms with Crippen LogP contribution in [0.2, 0.25) is 0 Å². The molecule has 1 saturated heterocycles. The second-order valence-electron chi connectivity index (χ2n) is 9.20. The number of aryl methyl sites for hydroxylation is 1. The highest BCUT2D eigenvalue weighted by Gasteiger charge is 2.36. The van der Waals surface area contributed by atoms with Gasteiger partial charge in [-0.3, -0.25) is 19.3 Å². The van der Waals surface area contributed by atoms with E-state index in [1.165, 1.54) is 25.0 Å². The summed E-state index contributed by atoms with van der Waals surface area (Å²) >= 11 is 0. The average Bonchev–Trinajstić information content (AvgIpc) is 3.33. The molecule has 3 aromatic rings. The van der Waals surface area contributed by atoms with E-state index in [0.29, 0.717) is 47.6 Å². The Morgan fingerprint density at radius 2 is 1.77 bits per heavy atom. The van der Waals surface area contributed by atoms with Crippen molar-refractivity contribution in [2.45, 2.75) is 51.3 Å². The highest BCUT2D eigenvalue weighted by molar-refractivity contribution is 7.93. The molecule has 1 aromatic carbocycles. The number of ether oxygens (including phenoxy) is 5. The van der Waals surface area contributed by atoms with Crippen molar-refractivity contribution in [1.82, 2.24) is 24.7 Å². The van der Waals surface area contributed by atoms with Gasteiger partial charge in [0.2, 0.25) is 16.0 Å². The Bertz CT molecular complexity index is 1340. The number of aromatic nitrogens is 5. The molecule has 0 radical (unpaired) electrons. The van der Waals surface area contributed by atoms with Crippen molar-refractivity contribution in [3.8, 4) is 17.2 Å². The van der Waals surface area contributed by atoms with E-state index in [-0.39, 0.29) is 18.7 Å². The van der Waals surface area contributed by atoms with Gasteiger partial charge in [0.1, 0.15) is 34.6 Å². The zero-order chi connectivity index (χ0) is 28.2. The molecular formula is C25H34N6O7S. The van der Waals surface area contributed by atoms with E-state index in [0.717, 1.165) is 0 Å². The minimum Gasteiger partial charge on any atom is -0.494 e. The van der Waals surface area contributed by atoms with Gasteiger partial charge in [-0.05, 0) is 39.8 Å². The van der Waals surface area contributed by atoms with Gasteiger partial charge in [0.05, 0.1) is 57.7 Å². The van der Waals surface area contributed by atoms with E-state index in [1.807, 2.05) is 13.8 Å². The summed E-state index contributed by atoms with van der Waals surface area (Å²) in [7, 11) is -1.11. The van der Waals surface area contributed by atoms with E-state index >= 15 is 0 Å². The second kappa shape index (κ2) is 12.2. The standard InChI is InChI=1S/C25H34N6O7S/c1-15(2)38-23(18-13-26-16(3)12-27-18)17(4)39(32,33)30-25-29-28-24(21-14-36-10-11-37-21)31(25)22-19(34-5)8-7-9-20(22)35-6/h7-9,12-13,15,17,21,23H,10-11,14H2,1-6H3,(H,29,30)/t17-,21-,23+/m0/s1. The molecule has 0 unspecified atom stereocenters. The van der Waals surface area contributed by atoms with Crippen molar-refractivity contribution < 1.29 is 32.1 Å². The van der Waals surface area contributed by atoms with Gasteiger partial charge in [-0.1, -0.05) is 6.07 Å². The van der Waals surface area contributed by atoms with Gasteiger partial charge in [0.25, 0.3) is 0 Å². The van der Waals surface area contributed by atoms with Gasteiger partial charge in [0.15, 0.2) is 5.82 Å². The van der Waals surface area contributed by atoms with Crippen LogP contribution in [0.25, 0.3) is 5.69 Å². The van der Waals surface area contributed by atoms with E-state index in [9.17, 15) is 8.42 Å². The lowest BCUT2D eigenvalue weighted by molar-refractivity contribution is -0.0941. The number of sulfonamides is 1. The summed E-state index contributed by atoms with van der Waals surface area (Å²) in [6, 6.07) is 5.21. The predicted molar refractivity (Wildman–Crippen MR) is 142 cm³/mol. The lowest BCUT2D eigenvalue weighted by Gasteiger charge is -2.27. The molecule has 2 aromatic heterocycles. The van der Waals surface area contributed by atoms with E-state index in [2.05, 4.69) is 24.9 Å². The van der Waals surface area contributed by atoms with Crippen LogP contribution in [0.4, 0.5) is 5.95 Å². The molecule has 39 heavy (non-hydrogen) atoms. The average molecular weight is 563 g/mol. The summed E-state index contributed by atoms with van der Waals surface area (Å²) < 4.78 is 60.4. The molecule has 1 aliphatic rings. The third-order valence-electron chi connectivity index (χ3n) is 6.08. The van der Waals surface area contributed by atoms with Crippen LogP contribution in [0.15, 0.2) is 30.6 Å². The van der Waals surface area contributed by atoms with Crippen LogP contribution in [-0.4, -0.2) is 78.5 Å². The molecule has 14 heteroatoms. The molecule has 13 nitrogen and oxygen atoms in total. The molecule has 0 saturated carbocycles. The number of nitrogens with zero attached hydrogens (tertiary/aromatic N) is 5. The number of rotatable bonds is 11. The number of benzene rings is 1. The van der Waals surface area contributed by atoms with Crippen molar-refractivity contribution in [2.75, 3.05) is 38.8 Å². The summed E-state index contributed by atoms with van der Waals surface area (Å²) in [4.78, 5) is 8.64. The number of hydrogen-bond acceptors (Lipinski definition) is 11. The lowest BCUT2D eigenvalue weighted by Crippen LogP contribution is -2.34. The number of anilines is 1. The number of nitrogens with one attached hydrogen (secondary N) is 1. The fourth-order valence-electron chi connectivity index (χ4n) is 4.13. The third kappa shape index (κ3) is 6.30. The molecule has 0 amide bonds. The van der Waals surface area contributed by atoms with Crippen LogP contribution in [0.3, 0.4) is 0 Å². The van der Waals surface area contributed by atoms with Crippen LogP contribution >= 0.6 is 0 Å². The molecule has 0 aliphatic carbocycles. The van der Waals surface area contributed by atoms with E-state index < -0.39 is 27.5 Å². The SMILES string of the molecule is COc1cccc(OC)c1-n1c(NS(=O)(=O)[C@@H](C)[C@@H](OC(C)C)c2cnc(C)cn2)nnc1[C@@H]1COCCO1. The minimum atomic E-state index is -4.12. The molecule has 1 fully saturated rings. The van der Waals surface area contributed by atoms with Crippen LogP contribution in [0.5, 0.6) is 11.5 Å². The van der Waals surface area contributed by atoms with Crippen molar-refractivity contribution in [1.29, 1.82) is 0 Å². The molecule has 4 rings (SSSR count). The molecule has 1 aliphatic heterocycles. The van der Waals surface area contributed by atoms with Crippen molar-refractivity contribution >= 4 is 16.0 Å². The van der Waals surface area contributed by atoms with Crippen LogP contribution in [0, 0.1) is 6.92 Å². The Kier molecular flexibility index (Phi) is 9.00. The van der Waals surface area contributed by atoms with E-state index in [4.69, 9.17) is 23.7 Å². The molecular weight excluding hydrogens is 528 g/mol. The first-order valence-corrected chi connectivity index (χ1v) is 14.0. The van der Waals surface area contributed by atoms with E-state index in [1.54, 1.807) is 38.2 Å². The summed E-state index contributed by atoms with van der Waals surface area (Å²) in [5.74, 6) is 1.07. The molecule has 1 N–H and O–H groups in total. The van der Waals surface area contributed by atoms with Gasteiger partial charge >= 0.3 is 0 Å². The fourth-order valence-corrected chi connectivity index (χ4v) is 5.23. The van der Waals surface area contributed by atoms with Gasteiger partial charge < -0.3 is 23.7 Å². The summed E-state index contributed by atoms with van der Waals surface area (Å²) in [5, 5.41) is 7.40. The van der Waals surface area contributed by atoms with Crippen molar-refractivity contribution in [3.63, 3.8) is 0 Å². The van der Waals surface area contributed by atoms with Crippen molar-refractivity contribution in [3.05, 3.63) is 47.8 Å². The van der Waals surface area contributed by atoms with Crippen LogP contribution < -0.4 is 14.2 Å². The smallest absolute Gasteiger partial charge is 0.243 e. The Balaban J connectivity index is 1.79. The summed E-state index contributed by atoms with van der Waals surface area (Å²) in [6.45, 7) is 8.00. The minimum absolute atomic E-state index is 0.0767. The Labute approximate surface area is 227 Å². The van der Waals surface area contributed by atoms with Crippen molar-refractivity contribution in [2.24, 2.45) is 0 Å². The van der Waals surface area contributed by atoms with Gasteiger partial charge in [-0.15, -0.1) is 10.2 Å². The van der Waals surface area contributed by atoms with Crippen LogP contribution in [-0.2, 0) is 24.2 Å². The summed E-state index contributed by atoms with van der Waals surface area (Å²) in [6.07, 6.45) is 1.32. The zero-order valence-electron chi connectivity index (χ0n) is 22.8. The van der Waals surface area contributed by atoms with Gasteiger partial charge in [-0.25, -0.2) is 8.42 Å². The highest BCUT2D eigenvalue weighted by atomic mass is 32.2. The maximum Gasteiger partial charge on any atom is 0.243 e. The molecule has 0 bridgehead atoms. The topological polar surface area (TPSA) is 149 Å². The van der Waals surface area contributed by atoms with Crippen LogP contribution in [0.1, 0.15) is 50.2 Å². The van der Waals surface area contributed by atoms with Gasteiger partial charge in [-0.2, -0.15) is 0 Å². The second-order valence-corrected chi connectivity index (χ2v) is 11.2. The third-order valence-corrected chi connectivity index (χ3v) is 7.77. The zero-order valence-corrected chi connectivity index (χ0v) is 23.6. The molecule has 0 spiro atoms. The Morgan fingerprint density at radius 3 is 2.33 bits per heavy atom. The largest absolute Gasteiger partial charge is 0.494 e. The quantitative estimate of drug-likeness (QED) is 0.368. The molecule has 212 valence electrons. The molecule has 3 atom stereocenters. The predicted octanol–water partition coefficient (Wildman–Crippen LogP) is 2.77. The number of para-hydroxylation sites is 1. The first kappa shape index (κ1) is 28.7. The Hall–Kier alpha value is -3.33. The first-order valence-electron chi connectivity index (χ1n) is 12.5.